The molecule has 0 unspecified atom stereocenters. The summed E-state index contributed by atoms with van der Waals surface area (Å²) in [4.78, 5) is 12.0. The minimum Gasteiger partial charge on any atom is -0.410 e. The van der Waals surface area contributed by atoms with E-state index in [1.165, 1.54) is 0 Å². The van der Waals surface area contributed by atoms with Crippen LogP contribution in [0.1, 0.15) is 75.4 Å². The molecule has 3 aromatic carbocycles. The van der Waals surface area contributed by atoms with Gasteiger partial charge in [0.1, 0.15) is 5.75 Å². The van der Waals surface area contributed by atoms with Crippen LogP contribution in [-0.4, -0.2) is 14.5 Å². The first-order valence-electron chi connectivity index (χ1n) is 11.9. The van der Waals surface area contributed by atoms with E-state index in [0.29, 0.717) is 22.4 Å². The summed E-state index contributed by atoms with van der Waals surface area (Å²) in [7, 11) is -4.02. The molecule has 192 valence electrons. The number of carbonyl (C=O) groups is 1. The lowest BCUT2D eigenvalue weighted by Crippen LogP contribution is -2.32. The molecule has 0 heterocycles. The Morgan fingerprint density at radius 2 is 1.33 bits per heavy atom. The highest BCUT2D eigenvalue weighted by Crippen LogP contribution is 2.44. The van der Waals surface area contributed by atoms with E-state index in [1.807, 2.05) is 102 Å². The summed E-state index contributed by atoms with van der Waals surface area (Å²) in [6, 6.07) is 20.0. The first-order chi connectivity index (χ1) is 16.6. The van der Waals surface area contributed by atoms with Crippen molar-refractivity contribution in [1.29, 1.82) is 0 Å². The second-order valence-electron chi connectivity index (χ2n) is 11.0. The molecule has 6 nitrogen and oxygen atoms in total. The molecule has 3 aromatic rings. The Morgan fingerprint density at radius 3 is 1.72 bits per heavy atom. The quantitative estimate of drug-likeness (QED) is 0.419. The molecule has 0 aliphatic carbocycles. The number of ether oxygens (including phenoxy) is 1. The van der Waals surface area contributed by atoms with Gasteiger partial charge in [-0.05, 0) is 40.5 Å². The van der Waals surface area contributed by atoms with Crippen molar-refractivity contribution in [1.82, 2.24) is 4.72 Å². The molecule has 3 rings (SSSR count). The van der Waals surface area contributed by atoms with Gasteiger partial charge in [-0.25, -0.2) is 13.2 Å². The van der Waals surface area contributed by atoms with Crippen molar-refractivity contribution in [3.63, 3.8) is 0 Å². The minimum absolute atomic E-state index is 0.144. The monoisotopic (exact) mass is 508 g/mol. The Hall–Kier alpha value is -3.16. The first-order valence-corrected chi connectivity index (χ1v) is 13.4. The maximum absolute atomic E-state index is 14.1. The summed E-state index contributed by atoms with van der Waals surface area (Å²) in [6.45, 7) is 13.4. The van der Waals surface area contributed by atoms with Gasteiger partial charge in [0, 0.05) is 11.1 Å². The number of hydrogen-bond donors (Lipinski definition) is 2. The molecule has 0 spiro atoms. The molecular formula is C29H36N2O4S. The Balaban J connectivity index is 2.28. The summed E-state index contributed by atoms with van der Waals surface area (Å²) in [6.07, 6.45) is -0.938. The molecule has 0 saturated carbocycles. The molecule has 0 bridgehead atoms. The van der Waals surface area contributed by atoms with Gasteiger partial charge in [-0.1, -0.05) is 102 Å². The predicted octanol–water partition coefficient (Wildman–Crippen LogP) is 6.12. The molecule has 7 heteroatoms. The second-order valence-corrected chi connectivity index (χ2v) is 12.7. The lowest BCUT2D eigenvalue weighted by Gasteiger charge is -2.32. The maximum atomic E-state index is 14.1. The molecule has 0 atom stereocenters. The van der Waals surface area contributed by atoms with Gasteiger partial charge in [-0.2, -0.15) is 4.72 Å². The zero-order valence-electron chi connectivity index (χ0n) is 22.0. The highest BCUT2D eigenvalue weighted by atomic mass is 32.2. The number of carbonyl (C=O) groups excluding carboxylic acids is 1. The van der Waals surface area contributed by atoms with Crippen LogP contribution >= 0.6 is 0 Å². The van der Waals surface area contributed by atoms with Crippen molar-refractivity contribution in [2.45, 2.75) is 70.2 Å². The maximum Gasteiger partial charge on any atom is 0.409 e. The Morgan fingerprint density at radius 1 is 0.861 bits per heavy atom. The van der Waals surface area contributed by atoms with Crippen LogP contribution in [0.5, 0.6) is 5.75 Å². The Labute approximate surface area is 214 Å². The summed E-state index contributed by atoms with van der Waals surface area (Å²) in [5, 5.41) is 0. The molecule has 0 fully saturated rings. The lowest BCUT2D eigenvalue weighted by molar-refractivity contribution is 0.208. The summed E-state index contributed by atoms with van der Waals surface area (Å²) < 4.78 is 36.6. The molecule has 1 amide bonds. The number of rotatable bonds is 6. The van der Waals surface area contributed by atoms with Gasteiger partial charge in [0.15, 0.2) is 0 Å². The molecule has 3 N–H and O–H groups in total. The van der Waals surface area contributed by atoms with Crippen molar-refractivity contribution < 1.29 is 17.9 Å². The SMILES string of the molecule is Cc1c(S(=O)(=O)NC(c2ccccc2)c2ccccc2)cc(C(C)(C)C)c(OC(N)=O)c1C(C)(C)C. The van der Waals surface area contributed by atoms with Crippen LogP contribution in [0.4, 0.5) is 4.79 Å². The largest absolute Gasteiger partial charge is 0.410 e. The van der Waals surface area contributed by atoms with E-state index in [2.05, 4.69) is 4.72 Å². The number of hydrogen-bond acceptors (Lipinski definition) is 4. The van der Waals surface area contributed by atoms with Crippen LogP contribution in [0.15, 0.2) is 71.6 Å². The smallest absolute Gasteiger partial charge is 0.409 e. The van der Waals surface area contributed by atoms with Gasteiger partial charge in [-0.3, -0.25) is 0 Å². The van der Waals surface area contributed by atoms with Crippen LogP contribution < -0.4 is 15.2 Å². The van der Waals surface area contributed by atoms with E-state index < -0.39 is 33.0 Å². The molecule has 0 saturated heterocycles. The average molecular weight is 509 g/mol. The van der Waals surface area contributed by atoms with E-state index in [-0.39, 0.29) is 4.90 Å². The van der Waals surface area contributed by atoms with Gasteiger partial charge in [0.25, 0.3) is 0 Å². The fourth-order valence-corrected chi connectivity index (χ4v) is 6.00. The molecule has 36 heavy (non-hydrogen) atoms. The molecule has 0 aliphatic heterocycles. The van der Waals surface area contributed by atoms with Crippen molar-refractivity contribution >= 4 is 16.1 Å². The summed E-state index contributed by atoms with van der Waals surface area (Å²) >= 11 is 0. The summed E-state index contributed by atoms with van der Waals surface area (Å²) in [5.74, 6) is 0.321. The normalized spacial score (nSPS) is 12.6. The number of nitrogens with one attached hydrogen (secondary N) is 1. The van der Waals surface area contributed by atoms with E-state index in [9.17, 15) is 13.2 Å². The Bertz CT molecular complexity index is 1300. The topological polar surface area (TPSA) is 98.5 Å². The van der Waals surface area contributed by atoms with Crippen molar-refractivity contribution in [3.8, 4) is 5.75 Å². The third kappa shape index (κ3) is 5.97. The van der Waals surface area contributed by atoms with Gasteiger partial charge < -0.3 is 10.5 Å². The first kappa shape index (κ1) is 27.4. The van der Waals surface area contributed by atoms with E-state index in [4.69, 9.17) is 10.5 Å². The van der Waals surface area contributed by atoms with Crippen LogP contribution in [-0.2, 0) is 20.9 Å². The van der Waals surface area contributed by atoms with Gasteiger partial charge >= 0.3 is 6.09 Å². The fraction of sp³-hybridized carbons (Fsp3) is 0.345. The highest BCUT2D eigenvalue weighted by molar-refractivity contribution is 7.89. The molecule has 0 radical (unpaired) electrons. The zero-order chi connectivity index (χ0) is 26.9. The van der Waals surface area contributed by atoms with Crippen LogP contribution in [0, 0.1) is 6.92 Å². The molecule has 0 aromatic heterocycles. The van der Waals surface area contributed by atoms with Gasteiger partial charge in [-0.15, -0.1) is 0 Å². The van der Waals surface area contributed by atoms with E-state index in [0.717, 1.165) is 11.1 Å². The summed E-state index contributed by atoms with van der Waals surface area (Å²) in [5.41, 5.74) is 7.75. The second kappa shape index (κ2) is 10.1. The third-order valence-electron chi connectivity index (χ3n) is 6.08. The van der Waals surface area contributed by atoms with E-state index >= 15 is 0 Å². The predicted molar refractivity (Wildman–Crippen MR) is 144 cm³/mol. The van der Waals surface area contributed by atoms with Crippen molar-refractivity contribution in [2.75, 3.05) is 0 Å². The number of amides is 1. The van der Waals surface area contributed by atoms with Crippen molar-refractivity contribution in [2.24, 2.45) is 5.73 Å². The number of nitrogens with two attached hydrogens (primary N) is 1. The third-order valence-corrected chi connectivity index (χ3v) is 7.63. The highest BCUT2D eigenvalue weighted by Gasteiger charge is 2.35. The van der Waals surface area contributed by atoms with Crippen LogP contribution in [0.25, 0.3) is 0 Å². The van der Waals surface area contributed by atoms with Gasteiger partial charge in [0.2, 0.25) is 10.0 Å². The van der Waals surface area contributed by atoms with Crippen LogP contribution in [0.2, 0.25) is 0 Å². The van der Waals surface area contributed by atoms with Gasteiger partial charge in [0.05, 0.1) is 10.9 Å². The Kier molecular flexibility index (Phi) is 7.67. The zero-order valence-corrected chi connectivity index (χ0v) is 22.9. The van der Waals surface area contributed by atoms with Crippen molar-refractivity contribution in [3.05, 3.63) is 94.5 Å². The molecule has 0 aliphatic rings. The standard InChI is InChI=1S/C29H36N2O4S/c1-19-23(18-22(28(2,3)4)26(35-27(30)32)24(19)29(5,6)7)36(33,34)31-25(20-14-10-8-11-15-20)21-16-12-9-13-17-21/h8-18,25,31H,1-7H3,(H2,30,32). The molecular weight excluding hydrogens is 472 g/mol. The number of sulfonamides is 1. The number of primary amides is 1. The average Bonchev–Trinajstić information content (AvgIpc) is 2.76. The lowest BCUT2D eigenvalue weighted by atomic mass is 9.77. The fourth-order valence-electron chi connectivity index (χ4n) is 4.52. The van der Waals surface area contributed by atoms with Crippen LogP contribution in [0.3, 0.4) is 0 Å². The minimum atomic E-state index is -4.02. The number of benzene rings is 3. The van der Waals surface area contributed by atoms with E-state index in [1.54, 1.807) is 13.0 Å².